The monoisotopic (exact) mass is 572 g/mol. The maximum atomic E-state index is 13.6. The van der Waals surface area contributed by atoms with Crippen LogP contribution in [-0.4, -0.2) is 34.7 Å². The van der Waals surface area contributed by atoms with Crippen molar-refractivity contribution in [3.8, 4) is 11.3 Å². The van der Waals surface area contributed by atoms with E-state index >= 15 is 0 Å². The predicted octanol–water partition coefficient (Wildman–Crippen LogP) is 6.56. The van der Waals surface area contributed by atoms with Crippen LogP contribution >= 0.6 is 0 Å². The first-order valence-corrected chi connectivity index (χ1v) is 15.0. The second-order valence-electron chi connectivity index (χ2n) is 12.1. The molecule has 216 valence electrons. The molecule has 2 amide bonds. The molecule has 3 aliphatic rings. The van der Waals surface area contributed by atoms with Gasteiger partial charge in [0, 0.05) is 16.5 Å². The standard InChI is InChI=1S/C36H32N2O5/c1-3-30(33(39)22-7-5-4-6-8-22)43-36(42)27-19-29(37-28-16-9-20(2)17-26(27)28)21-12-14-25(15-13-21)38-34(40)31-23-10-11-24(18-23)32(31)35(38)41/h4-9,12-17,19,23-24,30-32H,3,10-11,18H2,1-2H3/t23-,24+,30-,31-,32+/m1/s1. The Morgan fingerprint density at radius 1 is 0.907 bits per heavy atom. The fourth-order valence-electron chi connectivity index (χ4n) is 7.40. The number of fused-ring (bicyclic) bond motifs is 6. The highest BCUT2D eigenvalue weighted by molar-refractivity contribution is 6.22. The van der Waals surface area contributed by atoms with Gasteiger partial charge in [0.15, 0.2) is 6.10 Å². The molecule has 7 rings (SSSR count). The van der Waals surface area contributed by atoms with E-state index in [1.165, 1.54) is 4.90 Å². The maximum absolute atomic E-state index is 13.6. The molecule has 4 aromatic rings. The third-order valence-corrected chi connectivity index (χ3v) is 9.50. The molecule has 7 heteroatoms. The van der Waals surface area contributed by atoms with E-state index in [1.807, 2.05) is 50.2 Å². The van der Waals surface area contributed by atoms with E-state index in [0.29, 0.717) is 51.7 Å². The molecule has 0 spiro atoms. The lowest BCUT2D eigenvalue weighted by molar-refractivity contribution is -0.123. The Balaban J connectivity index is 1.19. The van der Waals surface area contributed by atoms with E-state index in [1.54, 1.807) is 42.5 Å². The molecule has 2 heterocycles. The highest BCUT2D eigenvalue weighted by Gasteiger charge is 2.61. The summed E-state index contributed by atoms with van der Waals surface area (Å²) in [4.78, 5) is 59.5. The summed E-state index contributed by atoms with van der Waals surface area (Å²) in [6.45, 7) is 3.75. The topological polar surface area (TPSA) is 93.6 Å². The molecular weight excluding hydrogens is 540 g/mol. The van der Waals surface area contributed by atoms with Crippen LogP contribution in [0.4, 0.5) is 5.69 Å². The van der Waals surface area contributed by atoms with Crippen molar-refractivity contribution in [2.24, 2.45) is 23.7 Å². The van der Waals surface area contributed by atoms with Crippen molar-refractivity contribution >= 4 is 40.2 Å². The summed E-state index contributed by atoms with van der Waals surface area (Å²) < 4.78 is 5.81. The molecule has 2 aliphatic carbocycles. The number of carbonyl (C=O) groups is 4. The van der Waals surface area contributed by atoms with Crippen LogP contribution in [0.3, 0.4) is 0 Å². The average molecular weight is 573 g/mol. The summed E-state index contributed by atoms with van der Waals surface area (Å²) in [6.07, 6.45) is 2.49. The Morgan fingerprint density at radius 2 is 1.58 bits per heavy atom. The third kappa shape index (κ3) is 4.54. The molecule has 7 nitrogen and oxygen atoms in total. The first-order chi connectivity index (χ1) is 20.8. The van der Waals surface area contributed by atoms with Gasteiger partial charge >= 0.3 is 5.97 Å². The van der Waals surface area contributed by atoms with Gasteiger partial charge in [0.2, 0.25) is 17.6 Å². The van der Waals surface area contributed by atoms with Gasteiger partial charge in [0.25, 0.3) is 0 Å². The Bertz CT molecular complexity index is 1750. The normalized spacial score (nSPS) is 23.1. The molecule has 43 heavy (non-hydrogen) atoms. The van der Waals surface area contributed by atoms with Crippen molar-refractivity contribution in [3.05, 3.63) is 95.6 Å². The molecule has 5 atom stereocenters. The van der Waals surface area contributed by atoms with Crippen molar-refractivity contribution in [1.82, 2.24) is 4.98 Å². The van der Waals surface area contributed by atoms with E-state index in [4.69, 9.17) is 9.72 Å². The quantitative estimate of drug-likeness (QED) is 0.141. The summed E-state index contributed by atoms with van der Waals surface area (Å²) >= 11 is 0. The van der Waals surface area contributed by atoms with Gasteiger partial charge in [0.05, 0.1) is 34.3 Å². The molecular formula is C36H32N2O5. The largest absolute Gasteiger partial charge is 0.450 e. The Labute approximate surface area is 249 Å². The molecule has 2 saturated carbocycles. The molecule has 0 radical (unpaired) electrons. The molecule has 2 bridgehead atoms. The average Bonchev–Trinajstić information content (AvgIpc) is 3.72. The Hall–Kier alpha value is -4.65. The number of pyridine rings is 1. The van der Waals surface area contributed by atoms with Crippen LogP contribution in [-0.2, 0) is 14.3 Å². The summed E-state index contributed by atoms with van der Waals surface area (Å²) in [7, 11) is 0. The van der Waals surface area contributed by atoms with Gasteiger partial charge in [-0.2, -0.15) is 0 Å². The fraction of sp³-hybridized carbons (Fsp3) is 0.306. The van der Waals surface area contributed by atoms with E-state index in [0.717, 1.165) is 30.4 Å². The third-order valence-electron chi connectivity index (χ3n) is 9.50. The van der Waals surface area contributed by atoms with Crippen LogP contribution in [0.2, 0.25) is 0 Å². The number of ether oxygens (including phenoxy) is 1. The summed E-state index contributed by atoms with van der Waals surface area (Å²) in [6, 6.07) is 23.4. The number of esters is 1. The number of hydrogen-bond donors (Lipinski definition) is 0. The number of aryl methyl sites for hydroxylation is 1. The number of nitrogens with zero attached hydrogens (tertiary/aromatic N) is 2. The van der Waals surface area contributed by atoms with Crippen LogP contribution in [0.15, 0.2) is 78.9 Å². The lowest BCUT2D eigenvalue weighted by Gasteiger charge is -2.19. The number of amides is 2. The maximum Gasteiger partial charge on any atom is 0.339 e. The van der Waals surface area contributed by atoms with E-state index < -0.39 is 12.1 Å². The van der Waals surface area contributed by atoms with Crippen molar-refractivity contribution < 1.29 is 23.9 Å². The van der Waals surface area contributed by atoms with Crippen molar-refractivity contribution in [3.63, 3.8) is 0 Å². The lowest BCUT2D eigenvalue weighted by atomic mass is 9.81. The van der Waals surface area contributed by atoms with E-state index in [-0.39, 0.29) is 29.4 Å². The van der Waals surface area contributed by atoms with Gasteiger partial charge in [-0.25, -0.2) is 9.78 Å². The number of aromatic nitrogens is 1. The zero-order valence-electron chi connectivity index (χ0n) is 24.2. The zero-order chi connectivity index (χ0) is 29.8. The minimum atomic E-state index is -0.920. The van der Waals surface area contributed by atoms with Crippen molar-refractivity contribution in [2.75, 3.05) is 4.90 Å². The highest BCUT2D eigenvalue weighted by Crippen LogP contribution is 2.56. The molecule has 0 N–H and O–H groups in total. The highest BCUT2D eigenvalue weighted by atomic mass is 16.5. The minimum absolute atomic E-state index is 0.0743. The van der Waals surface area contributed by atoms with E-state index in [2.05, 4.69) is 0 Å². The van der Waals surface area contributed by atoms with Crippen LogP contribution < -0.4 is 4.90 Å². The lowest BCUT2D eigenvalue weighted by Crippen LogP contribution is -2.32. The summed E-state index contributed by atoms with van der Waals surface area (Å²) in [5.74, 6) is -0.684. The van der Waals surface area contributed by atoms with Crippen LogP contribution in [0.5, 0.6) is 0 Å². The molecule has 1 saturated heterocycles. The SMILES string of the molecule is CC[C@@H](OC(=O)c1cc(-c2ccc(N3C(=O)[C@@H]4[C@@H]5CC[C@@H](C5)[C@@H]4C3=O)cc2)nc2ccc(C)cc12)C(=O)c1ccccc1. The smallest absolute Gasteiger partial charge is 0.339 e. The first-order valence-electron chi connectivity index (χ1n) is 15.0. The second-order valence-corrected chi connectivity index (χ2v) is 12.1. The Morgan fingerprint density at radius 3 is 2.23 bits per heavy atom. The Kier molecular flexibility index (Phi) is 6.68. The van der Waals surface area contributed by atoms with Gasteiger partial charge in [-0.1, -0.05) is 61.0 Å². The zero-order valence-corrected chi connectivity index (χ0v) is 24.2. The van der Waals surface area contributed by atoms with Crippen molar-refractivity contribution in [1.29, 1.82) is 0 Å². The van der Waals surface area contributed by atoms with Gasteiger partial charge in [0.1, 0.15) is 0 Å². The fourth-order valence-corrected chi connectivity index (χ4v) is 7.40. The van der Waals surface area contributed by atoms with Crippen molar-refractivity contribution in [2.45, 2.75) is 45.6 Å². The van der Waals surface area contributed by atoms with Crippen LogP contribution in [0, 0.1) is 30.6 Å². The molecule has 3 aromatic carbocycles. The minimum Gasteiger partial charge on any atom is -0.450 e. The number of rotatable bonds is 7. The number of Topliss-reactive ketones (excluding diaryl/α,β-unsaturated/α-hetero) is 1. The number of carbonyl (C=O) groups excluding carboxylic acids is 4. The summed E-state index contributed by atoms with van der Waals surface area (Å²) in [5.41, 5.74) is 4.23. The number of hydrogen-bond acceptors (Lipinski definition) is 6. The van der Waals surface area contributed by atoms with Crippen LogP contribution in [0.25, 0.3) is 22.2 Å². The summed E-state index contributed by atoms with van der Waals surface area (Å²) in [5, 5.41) is 0.641. The predicted molar refractivity (Wildman–Crippen MR) is 162 cm³/mol. The number of ketones is 1. The molecule has 3 fully saturated rings. The number of imide groups is 1. The molecule has 0 unspecified atom stereocenters. The van der Waals surface area contributed by atoms with Crippen LogP contribution in [0.1, 0.15) is 58.9 Å². The number of anilines is 1. The molecule has 1 aliphatic heterocycles. The molecule has 1 aromatic heterocycles. The van der Waals surface area contributed by atoms with Gasteiger partial charge in [-0.15, -0.1) is 0 Å². The van der Waals surface area contributed by atoms with Gasteiger partial charge < -0.3 is 4.74 Å². The first kappa shape index (κ1) is 27.2. The van der Waals surface area contributed by atoms with Gasteiger partial charge in [-0.3, -0.25) is 19.3 Å². The van der Waals surface area contributed by atoms with Gasteiger partial charge in [-0.05, 0) is 74.8 Å². The number of benzene rings is 3. The second kappa shape index (κ2) is 10.6. The van der Waals surface area contributed by atoms with E-state index in [9.17, 15) is 19.2 Å².